The molecule has 4 heteroatoms. The van der Waals surface area contributed by atoms with Gasteiger partial charge in [0.05, 0.1) is 19.0 Å². The Morgan fingerprint density at radius 2 is 2.06 bits per heavy atom. The first kappa shape index (κ1) is 12.5. The van der Waals surface area contributed by atoms with Crippen molar-refractivity contribution in [2.24, 2.45) is 12.8 Å². The summed E-state index contributed by atoms with van der Waals surface area (Å²) in [6.45, 7) is 4.01. The maximum atomic E-state index is 11.2. The minimum atomic E-state index is -0.314. The van der Waals surface area contributed by atoms with E-state index in [9.17, 15) is 4.79 Å². The van der Waals surface area contributed by atoms with E-state index in [2.05, 4.69) is 6.07 Å². The smallest absolute Gasteiger partial charge is 0.221 e. The number of hydrogen-bond donors (Lipinski definition) is 1. The van der Waals surface area contributed by atoms with Gasteiger partial charge in [-0.05, 0) is 37.1 Å². The van der Waals surface area contributed by atoms with Crippen LogP contribution in [0.3, 0.4) is 0 Å². The molecule has 0 unspecified atom stereocenters. The maximum Gasteiger partial charge on any atom is 0.221 e. The van der Waals surface area contributed by atoms with Crippen molar-refractivity contribution in [2.75, 3.05) is 7.11 Å². The van der Waals surface area contributed by atoms with Crippen LogP contribution in [0.25, 0.3) is 10.9 Å². The highest BCUT2D eigenvalue weighted by atomic mass is 16.5. The number of nitrogens with two attached hydrogens (primary N) is 1. The first-order valence-electron chi connectivity index (χ1n) is 5.86. The van der Waals surface area contributed by atoms with Gasteiger partial charge in [0.25, 0.3) is 0 Å². The number of hydrogen-bond acceptors (Lipinski definition) is 2. The van der Waals surface area contributed by atoms with E-state index < -0.39 is 0 Å². The molecule has 1 aromatic carbocycles. The number of fused-ring (bicyclic) bond motifs is 1. The summed E-state index contributed by atoms with van der Waals surface area (Å²) in [7, 11) is 3.63. The molecular formula is C14H18N2O2. The standard InChI is InChI=1S/C14H18N2O2/c1-8-5-11-10(7-13(15)17)9(2)16(3)14(11)12(6-8)18-4/h5-6H,7H2,1-4H3,(H2,15,17). The Morgan fingerprint density at radius 1 is 1.39 bits per heavy atom. The van der Waals surface area contributed by atoms with E-state index in [4.69, 9.17) is 10.5 Å². The fourth-order valence-corrected chi connectivity index (χ4v) is 2.44. The van der Waals surface area contributed by atoms with Crippen molar-refractivity contribution in [1.82, 2.24) is 4.57 Å². The van der Waals surface area contributed by atoms with Gasteiger partial charge in [0.1, 0.15) is 5.75 Å². The monoisotopic (exact) mass is 246 g/mol. The second kappa shape index (κ2) is 4.37. The summed E-state index contributed by atoms with van der Waals surface area (Å²) >= 11 is 0. The fraction of sp³-hybridized carbons (Fsp3) is 0.357. The molecule has 0 spiro atoms. The number of rotatable bonds is 3. The molecule has 0 bridgehead atoms. The molecule has 1 heterocycles. The van der Waals surface area contributed by atoms with E-state index in [0.717, 1.165) is 33.5 Å². The number of carbonyl (C=O) groups is 1. The van der Waals surface area contributed by atoms with Gasteiger partial charge in [0.2, 0.25) is 5.91 Å². The van der Waals surface area contributed by atoms with Crippen LogP contribution >= 0.6 is 0 Å². The van der Waals surface area contributed by atoms with Crippen molar-refractivity contribution < 1.29 is 9.53 Å². The molecule has 0 atom stereocenters. The van der Waals surface area contributed by atoms with Crippen LogP contribution in [0.5, 0.6) is 5.75 Å². The van der Waals surface area contributed by atoms with E-state index in [0.29, 0.717) is 0 Å². The lowest BCUT2D eigenvalue weighted by Crippen LogP contribution is -2.14. The second-order valence-corrected chi connectivity index (χ2v) is 4.63. The maximum absolute atomic E-state index is 11.2. The Morgan fingerprint density at radius 3 is 2.61 bits per heavy atom. The van der Waals surface area contributed by atoms with Crippen molar-refractivity contribution in [1.29, 1.82) is 0 Å². The summed E-state index contributed by atoms with van der Waals surface area (Å²) in [5, 5.41) is 1.05. The molecule has 4 nitrogen and oxygen atoms in total. The number of methoxy groups -OCH3 is 1. The van der Waals surface area contributed by atoms with E-state index in [1.165, 1.54) is 0 Å². The molecule has 1 aromatic heterocycles. The number of nitrogens with zero attached hydrogens (tertiary/aromatic N) is 1. The molecule has 0 aliphatic rings. The first-order valence-corrected chi connectivity index (χ1v) is 5.86. The largest absolute Gasteiger partial charge is 0.495 e. The van der Waals surface area contributed by atoms with Gasteiger partial charge in [-0.25, -0.2) is 0 Å². The van der Waals surface area contributed by atoms with Crippen molar-refractivity contribution >= 4 is 16.8 Å². The van der Waals surface area contributed by atoms with E-state index in [1.807, 2.05) is 31.5 Å². The number of amides is 1. The zero-order valence-electron chi connectivity index (χ0n) is 11.2. The molecule has 18 heavy (non-hydrogen) atoms. The molecular weight excluding hydrogens is 228 g/mol. The zero-order valence-corrected chi connectivity index (χ0v) is 11.2. The van der Waals surface area contributed by atoms with Gasteiger partial charge < -0.3 is 15.0 Å². The van der Waals surface area contributed by atoms with Crippen molar-refractivity contribution in [3.8, 4) is 5.75 Å². The molecule has 96 valence electrons. The predicted molar refractivity (Wildman–Crippen MR) is 71.8 cm³/mol. The molecule has 2 aromatic rings. The lowest BCUT2D eigenvalue weighted by molar-refractivity contribution is -0.117. The summed E-state index contributed by atoms with van der Waals surface area (Å²) in [4.78, 5) is 11.2. The summed E-state index contributed by atoms with van der Waals surface area (Å²) in [6.07, 6.45) is 0.260. The molecule has 2 N–H and O–H groups in total. The highest BCUT2D eigenvalue weighted by Gasteiger charge is 2.17. The molecule has 1 amide bonds. The average Bonchev–Trinajstić information content (AvgIpc) is 2.53. The van der Waals surface area contributed by atoms with Crippen LogP contribution in [0.4, 0.5) is 0 Å². The number of carbonyl (C=O) groups excluding carboxylic acids is 1. The third-order valence-electron chi connectivity index (χ3n) is 3.39. The van der Waals surface area contributed by atoms with Crippen molar-refractivity contribution in [3.63, 3.8) is 0 Å². The number of ether oxygens (including phenoxy) is 1. The number of aromatic nitrogens is 1. The summed E-state index contributed by atoms with van der Waals surface area (Å²) in [5.74, 6) is 0.511. The number of aryl methyl sites for hydroxylation is 2. The van der Waals surface area contributed by atoms with Gasteiger partial charge >= 0.3 is 0 Å². The van der Waals surface area contributed by atoms with Gasteiger partial charge in [-0.1, -0.05) is 0 Å². The topological polar surface area (TPSA) is 57.2 Å². The first-order chi connectivity index (χ1) is 8.45. The third-order valence-corrected chi connectivity index (χ3v) is 3.39. The number of primary amides is 1. The van der Waals surface area contributed by atoms with Gasteiger partial charge in [-0.2, -0.15) is 0 Å². The summed E-state index contributed by atoms with van der Waals surface area (Å²) in [6, 6.07) is 4.07. The van der Waals surface area contributed by atoms with Gasteiger partial charge in [0, 0.05) is 18.1 Å². The highest BCUT2D eigenvalue weighted by molar-refractivity contribution is 5.94. The van der Waals surface area contributed by atoms with E-state index in [-0.39, 0.29) is 12.3 Å². The fourth-order valence-electron chi connectivity index (χ4n) is 2.44. The molecule has 0 fully saturated rings. The lowest BCUT2D eigenvalue weighted by atomic mass is 10.1. The van der Waals surface area contributed by atoms with Gasteiger partial charge in [-0.15, -0.1) is 0 Å². The minimum absolute atomic E-state index is 0.260. The normalized spacial score (nSPS) is 10.9. The Kier molecular flexibility index (Phi) is 3.03. The van der Waals surface area contributed by atoms with Crippen molar-refractivity contribution in [2.45, 2.75) is 20.3 Å². The van der Waals surface area contributed by atoms with E-state index in [1.54, 1.807) is 7.11 Å². The van der Waals surface area contributed by atoms with Gasteiger partial charge in [-0.3, -0.25) is 4.79 Å². The third kappa shape index (κ3) is 1.83. The predicted octanol–water partition coefficient (Wildman–Crippen LogP) is 1.83. The highest BCUT2D eigenvalue weighted by Crippen LogP contribution is 2.33. The Labute approximate surface area is 106 Å². The molecule has 0 aliphatic heterocycles. The van der Waals surface area contributed by atoms with E-state index >= 15 is 0 Å². The van der Waals surface area contributed by atoms with Crippen molar-refractivity contribution in [3.05, 3.63) is 29.0 Å². The Balaban J connectivity index is 2.83. The van der Waals surface area contributed by atoms with Crippen LogP contribution in [0, 0.1) is 13.8 Å². The van der Waals surface area contributed by atoms with Crippen LogP contribution in [0.1, 0.15) is 16.8 Å². The molecule has 0 saturated carbocycles. The average molecular weight is 246 g/mol. The molecule has 0 radical (unpaired) electrons. The van der Waals surface area contributed by atoms with Gasteiger partial charge in [0.15, 0.2) is 0 Å². The molecule has 2 rings (SSSR count). The van der Waals surface area contributed by atoms with Crippen LogP contribution < -0.4 is 10.5 Å². The second-order valence-electron chi connectivity index (χ2n) is 4.63. The molecule has 0 saturated heterocycles. The molecule has 0 aliphatic carbocycles. The Hall–Kier alpha value is -1.97. The summed E-state index contributed by atoms with van der Waals surface area (Å²) < 4.78 is 7.47. The Bertz CT molecular complexity index is 626. The minimum Gasteiger partial charge on any atom is -0.495 e. The summed E-state index contributed by atoms with van der Waals surface area (Å²) in [5.41, 5.74) is 9.48. The van der Waals surface area contributed by atoms with Crippen LogP contribution in [0.15, 0.2) is 12.1 Å². The lowest BCUT2D eigenvalue weighted by Gasteiger charge is -2.06. The van der Waals surface area contributed by atoms with Crippen LogP contribution in [-0.4, -0.2) is 17.6 Å². The van der Waals surface area contributed by atoms with Crippen LogP contribution in [-0.2, 0) is 18.3 Å². The van der Waals surface area contributed by atoms with Crippen LogP contribution in [0.2, 0.25) is 0 Å². The quantitative estimate of drug-likeness (QED) is 0.898. The zero-order chi connectivity index (χ0) is 13.4. The SMILES string of the molecule is COc1cc(C)cc2c(CC(N)=O)c(C)n(C)c12. The number of benzene rings is 1.